The van der Waals surface area contributed by atoms with Crippen LogP contribution in [0.25, 0.3) is 5.69 Å². The van der Waals surface area contributed by atoms with Crippen molar-refractivity contribution in [1.29, 1.82) is 0 Å². The van der Waals surface area contributed by atoms with Crippen LogP contribution in [0.3, 0.4) is 0 Å². The van der Waals surface area contributed by atoms with E-state index in [0.717, 1.165) is 22.4 Å². The Hall–Kier alpha value is -2.45. The third kappa shape index (κ3) is 6.01. The van der Waals surface area contributed by atoms with Gasteiger partial charge in [-0.15, -0.1) is 10.2 Å². The number of aryl methyl sites for hydroxylation is 1. The number of ketones is 1. The van der Waals surface area contributed by atoms with Crippen molar-refractivity contribution in [1.82, 2.24) is 20.1 Å². The summed E-state index contributed by atoms with van der Waals surface area (Å²) in [6, 6.07) is 17.2. The summed E-state index contributed by atoms with van der Waals surface area (Å²) < 4.78 is 2.92. The van der Waals surface area contributed by atoms with Crippen LogP contribution in [-0.2, 0) is 11.2 Å². The van der Waals surface area contributed by atoms with E-state index in [2.05, 4.69) is 31.4 Å². The highest BCUT2D eigenvalue weighted by Gasteiger charge is 2.16. The predicted molar refractivity (Wildman–Crippen MR) is 118 cm³/mol. The Balaban J connectivity index is 1.74. The maximum atomic E-state index is 12.5. The molecule has 29 heavy (non-hydrogen) atoms. The number of amides is 1. The fraction of sp³-hybridized carbons (Fsp3) is 0.238. The molecule has 3 aromatic rings. The van der Waals surface area contributed by atoms with Crippen molar-refractivity contribution in [2.24, 2.45) is 0 Å². The van der Waals surface area contributed by atoms with Crippen LogP contribution in [0.15, 0.2) is 64.2 Å². The third-order valence-electron chi connectivity index (χ3n) is 4.16. The number of Topliss-reactive ketones (excluding diaryl/α,β-unsaturated/α-hetero) is 1. The highest BCUT2D eigenvalue weighted by Crippen LogP contribution is 2.24. The van der Waals surface area contributed by atoms with Gasteiger partial charge in [-0.05, 0) is 30.7 Å². The first-order chi connectivity index (χ1) is 14.0. The van der Waals surface area contributed by atoms with Gasteiger partial charge < -0.3 is 5.32 Å². The monoisotopic (exact) mass is 472 g/mol. The van der Waals surface area contributed by atoms with E-state index in [4.69, 9.17) is 0 Å². The highest BCUT2D eigenvalue weighted by molar-refractivity contribution is 9.10. The van der Waals surface area contributed by atoms with Crippen LogP contribution in [0, 0.1) is 0 Å². The summed E-state index contributed by atoms with van der Waals surface area (Å²) in [5.41, 5.74) is 1.62. The van der Waals surface area contributed by atoms with E-state index in [-0.39, 0.29) is 17.4 Å². The predicted octanol–water partition coefficient (Wildman–Crippen LogP) is 4.07. The largest absolute Gasteiger partial charge is 0.356 e. The molecule has 0 aliphatic carbocycles. The molecule has 0 atom stereocenters. The Morgan fingerprint density at radius 3 is 2.48 bits per heavy atom. The molecule has 1 amide bonds. The summed E-state index contributed by atoms with van der Waals surface area (Å²) in [7, 11) is 0. The molecule has 0 bridgehead atoms. The molecule has 2 aromatic carbocycles. The Kier molecular flexibility index (Phi) is 7.60. The van der Waals surface area contributed by atoms with Gasteiger partial charge in [-0.25, -0.2) is 0 Å². The van der Waals surface area contributed by atoms with Crippen molar-refractivity contribution in [3.8, 4) is 5.69 Å². The van der Waals surface area contributed by atoms with Crippen LogP contribution in [0.1, 0.15) is 29.5 Å². The molecule has 8 heteroatoms. The van der Waals surface area contributed by atoms with Crippen molar-refractivity contribution >= 4 is 39.4 Å². The Labute approximate surface area is 182 Å². The van der Waals surface area contributed by atoms with Crippen molar-refractivity contribution in [3.63, 3.8) is 0 Å². The maximum Gasteiger partial charge on any atom is 0.216 e. The van der Waals surface area contributed by atoms with Gasteiger partial charge in [-0.2, -0.15) is 0 Å². The summed E-state index contributed by atoms with van der Waals surface area (Å²) in [6.07, 6.45) is 1.43. The summed E-state index contributed by atoms with van der Waals surface area (Å²) in [5, 5.41) is 12.1. The molecule has 0 fully saturated rings. The minimum atomic E-state index is -0.0442. The van der Waals surface area contributed by atoms with E-state index >= 15 is 0 Å². The first-order valence-electron chi connectivity index (χ1n) is 9.20. The van der Waals surface area contributed by atoms with Crippen LogP contribution in [0.5, 0.6) is 0 Å². The molecule has 1 heterocycles. The SMILES string of the molecule is CC(=O)NCCCc1nnc(SCC(=O)c2ccc(Br)cc2)n1-c1ccccc1. The lowest BCUT2D eigenvalue weighted by molar-refractivity contribution is -0.118. The average molecular weight is 473 g/mol. The molecule has 0 unspecified atom stereocenters. The number of rotatable bonds is 9. The molecule has 1 N–H and O–H groups in total. The number of carbonyl (C=O) groups excluding carboxylic acids is 2. The summed E-state index contributed by atoms with van der Waals surface area (Å²) >= 11 is 4.75. The number of para-hydroxylation sites is 1. The van der Waals surface area contributed by atoms with E-state index in [1.165, 1.54) is 18.7 Å². The molecular weight excluding hydrogens is 452 g/mol. The molecule has 0 saturated carbocycles. The number of thioether (sulfide) groups is 1. The maximum absolute atomic E-state index is 12.5. The highest BCUT2D eigenvalue weighted by atomic mass is 79.9. The number of nitrogens with zero attached hydrogens (tertiary/aromatic N) is 3. The molecular formula is C21H21BrN4O2S. The van der Waals surface area contributed by atoms with Gasteiger partial charge in [0, 0.05) is 35.6 Å². The van der Waals surface area contributed by atoms with E-state index in [0.29, 0.717) is 23.7 Å². The lowest BCUT2D eigenvalue weighted by Gasteiger charge is -2.10. The molecule has 150 valence electrons. The Morgan fingerprint density at radius 1 is 1.07 bits per heavy atom. The van der Waals surface area contributed by atoms with Crippen LogP contribution in [0.2, 0.25) is 0 Å². The van der Waals surface area contributed by atoms with Gasteiger partial charge >= 0.3 is 0 Å². The van der Waals surface area contributed by atoms with Crippen molar-refractivity contribution < 1.29 is 9.59 Å². The van der Waals surface area contributed by atoms with Crippen molar-refractivity contribution in [2.45, 2.75) is 24.9 Å². The molecule has 6 nitrogen and oxygen atoms in total. The lowest BCUT2D eigenvalue weighted by Crippen LogP contribution is -2.21. The van der Waals surface area contributed by atoms with Gasteiger partial charge in [0.1, 0.15) is 5.82 Å². The molecule has 3 rings (SSSR count). The minimum Gasteiger partial charge on any atom is -0.356 e. The van der Waals surface area contributed by atoms with E-state index < -0.39 is 0 Å². The van der Waals surface area contributed by atoms with Crippen LogP contribution in [-0.4, -0.2) is 38.8 Å². The quantitative estimate of drug-likeness (QED) is 0.288. The van der Waals surface area contributed by atoms with E-state index in [1.807, 2.05) is 59.2 Å². The zero-order valence-corrected chi connectivity index (χ0v) is 18.4. The second-order valence-corrected chi connectivity index (χ2v) is 8.23. The molecule has 0 aliphatic heterocycles. The molecule has 0 saturated heterocycles. The number of carbonyl (C=O) groups is 2. The van der Waals surface area contributed by atoms with Crippen molar-refractivity contribution in [3.05, 3.63) is 70.5 Å². The van der Waals surface area contributed by atoms with E-state index in [1.54, 1.807) is 0 Å². The molecule has 0 spiro atoms. The smallest absolute Gasteiger partial charge is 0.216 e. The number of hydrogen-bond donors (Lipinski definition) is 1. The minimum absolute atomic E-state index is 0.0392. The number of benzene rings is 2. The van der Waals surface area contributed by atoms with E-state index in [9.17, 15) is 9.59 Å². The third-order valence-corrected chi connectivity index (χ3v) is 5.62. The lowest BCUT2D eigenvalue weighted by atomic mass is 10.2. The average Bonchev–Trinajstić information content (AvgIpc) is 3.13. The number of aromatic nitrogens is 3. The zero-order valence-electron chi connectivity index (χ0n) is 16.0. The topological polar surface area (TPSA) is 76.9 Å². The fourth-order valence-corrected chi connectivity index (χ4v) is 3.88. The van der Waals surface area contributed by atoms with Gasteiger partial charge in [0.2, 0.25) is 5.91 Å². The van der Waals surface area contributed by atoms with Gasteiger partial charge in [0.25, 0.3) is 0 Å². The van der Waals surface area contributed by atoms with Crippen molar-refractivity contribution in [2.75, 3.05) is 12.3 Å². The summed E-state index contributed by atoms with van der Waals surface area (Å²) in [6.45, 7) is 2.09. The first kappa shape index (κ1) is 21.3. The van der Waals surface area contributed by atoms with Gasteiger partial charge in [0.05, 0.1) is 5.75 Å². The number of halogens is 1. The van der Waals surface area contributed by atoms with Crippen LogP contribution >= 0.6 is 27.7 Å². The second-order valence-electron chi connectivity index (χ2n) is 6.38. The Bertz CT molecular complexity index is 974. The molecule has 1 aromatic heterocycles. The zero-order chi connectivity index (χ0) is 20.6. The van der Waals surface area contributed by atoms with Gasteiger partial charge in [-0.3, -0.25) is 14.2 Å². The fourth-order valence-electron chi connectivity index (χ4n) is 2.75. The second kappa shape index (κ2) is 10.4. The Morgan fingerprint density at radius 2 is 1.79 bits per heavy atom. The van der Waals surface area contributed by atoms with Crippen LogP contribution < -0.4 is 5.32 Å². The first-order valence-corrected chi connectivity index (χ1v) is 11.0. The normalized spacial score (nSPS) is 10.7. The standard InChI is InChI=1S/C21H21BrN4O2S/c1-15(27)23-13-5-8-20-24-25-21(26(20)18-6-3-2-4-7-18)29-14-19(28)16-9-11-17(22)12-10-16/h2-4,6-7,9-12H,5,8,13-14H2,1H3,(H,23,27). The molecule has 0 aliphatic rings. The number of nitrogens with one attached hydrogen (secondary N) is 1. The molecule has 0 radical (unpaired) electrons. The summed E-state index contributed by atoms with van der Waals surface area (Å²) in [4.78, 5) is 23.6. The van der Waals surface area contributed by atoms with Gasteiger partial charge in [0.15, 0.2) is 10.9 Å². The summed E-state index contributed by atoms with van der Waals surface area (Å²) in [5.74, 6) is 1.08. The number of hydrogen-bond acceptors (Lipinski definition) is 5. The van der Waals surface area contributed by atoms with Gasteiger partial charge in [-0.1, -0.05) is 58.0 Å². The van der Waals surface area contributed by atoms with Crippen LogP contribution in [0.4, 0.5) is 0 Å².